The van der Waals surface area contributed by atoms with Crippen molar-refractivity contribution >= 4 is 0 Å². The molecule has 0 radical (unpaired) electrons. The summed E-state index contributed by atoms with van der Waals surface area (Å²) in [7, 11) is 0. The van der Waals surface area contributed by atoms with Crippen LogP contribution in [0.2, 0.25) is 0 Å². The molecule has 0 unspecified atom stereocenters. The van der Waals surface area contributed by atoms with E-state index in [1.54, 1.807) is 6.20 Å². The van der Waals surface area contributed by atoms with Crippen LogP contribution in [0.25, 0.3) is 0 Å². The molecule has 0 fully saturated rings. The lowest BCUT2D eigenvalue weighted by Crippen LogP contribution is -2.32. The molecule has 0 amide bonds. The molecule has 0 aromatic carbocycles. The van der Waals surface area contributed by atoms with Crippen molar-refractivity contribution in [1.29, 1.82) is 0 Å². The molecule has 0 atom stereocenters. The number of nitrogens with zero attached hydrogens (tertiary/aromatic N) is 1. The average molecular weight is 153 g/mol. The van der Waals surface area contributed by atoms with Crippen LogP contribution in [0.4, 0.5) is 0 Å². The summed E-state index contributed by atoms with van der Waals surface area (Å²) in [4.78, 5) is 11.1. The first-order valence-electron chi connectivity index (χ1n) is 3.62. The van der Waals surface area contributed by atoms with Crippen molar-refractivity contribution in [2.24, 2.45) is 0 Å². The van der Waals surface area contributed by atoms with Crippen molar-refractivity contribution in [2.75, 3.05) is 0 Å². The topological polar surface area (TPSA) is 38.8 Å². The summed E-state index contributed by atoms with van der Waals surface area (Å²) in [5, 5.41) is 2.57. The molecule has 0 spiro atoms. The fourth-order valence-corrected chi connectivity index (χ4v) is 0.942. The third-order valence-corrected chi connectivity index (χ3v) is 1.53. The number of rotatable bonds is 0. The quantitative estimate of drug-likeness (QED) is 0.559. The Morgan fingerprint density at radius 1 is 1.45 bits per heavy atom. The van der Waals surface area contributed by atoms with Crippen molar-refractivity contribution in [3.63, 3.8) is 0 Å². The monoisotopic (exact) mass is 153 g/mol. The molecule has 0 saturated carbocycles. The lowest BCUT2D eigenvalue weighted by atomic mass is 9.92. The maximum Gasteiger partial charge on any atom is 0.274 e. The molecule has 3 nitrogen and oxygen atoms in total. The third-order valence-electron chi connectivity index (χ3n) is 1.53. The molecule has 0 saturated heterocycles. The van der Waals surface area contributed by atoms with Gasteiger partial charge in [-0.15, -0.1) is 5.10 Å². The smallest absolute Gasteiger partial charge is 0.122 e. The SMILES string of the molecule is CC(C)(C)c1ccc[nH][n+]1=O. The van der Waals surface area contributed by atoms with Crippen molar-refractivity contribution in [3.8, 4) is 0 Å². The molecule has 1 aromatic heterocycles. The van der Waals surface area contributed by atoms with Crippen molar-refractivity contribution < 1.29 is 4.54 Å². The molecular formula is C8H13N2O+. The summed E-state index contributed by atoms with van der Waals surface area (Å²) < 4.78 is 0.792. The van der Waals surface area contributed by atoms with Gasteiger partial charge in [0.15, 0.2) is 4.54 Å². The van der Waals surface area contributed by atoms with Gasteiger partial charge in [-0.05, 0) is 26.8 Å². The van der Waals surface area contributed by atoms with Gasteiger partial charge in [0.05, 0.1) is 16.5 Å². The number of nitrogens with one attached hydrogen (secondary N) is 1. The van der Waals surface area contributed by atoms with E-state index in [4.69, 9.17) is 0 Å². The Kier molecular flexibility index (Phi) is 1.81. The summed E-state index contributed by atoms with van der Waals surface area (Å²) in [6, 6.07) is 3.65. The highest BCUT2D eigenvalue weighted by molar-refractivity contribution is 5.05. The summed E-state index contributed by atoms with van der Waals surface area (Å²) in [6.45, 7) is 6.01. The Bertz CT molecular complexity index is 295. The second-order valence-corrected chi connectivity index (χ2v) is 3.58. The largest absolute Gasteiger partial charge is 0.274 e. The van der Waals surface area contributed by atoms with Crippen molar-refractivity contribution in [1.82, 2.24) is 5.10 Å². The summed E-state index contributed by atoms with van der Waals surface area (Å²) in [5.41, 5.74) is 0.652. The lowest BCUT2D eigenvalue weighted by molar-refractivity contribution is -0.577. The average Bonchev–Trinajstić information content (AvgIpc) is 1.86. The Balaban J connectivity index is 3.26. The molecule has 11 heavy (non-hydrogen) atoms. The van der Waals surface area contributed by atoms with Gasteiger partial charge in [-0.3, -0.25) is 0 Å². The van der Waals surface area contributed by atoms with Gasteiger partial charge in [-0.2, -0.15) is 0 Å². The molecule has 1 heterocycles. The van der Waals surface area contributed by atoms with Crippen LogP contribution < -0.4 is 4.54 Å². The second kappa shape index (κ2) is 2.49. The Labute approximate surface area is 65.7 Å². The van der Waals surface area contributed by atoms with Gasteiger partial charge in [0.2, 0.25) is 0 Å². The normalized spacial score (nSPS) is 11.5. The van der Waals surface area contributed by atoms with Crippen LogP contribution in [0.15, 0.2) is 18.3 Å². The molecule has 1 N–H and O–H groups in total. The first kappa shape index (κ1) is 7.98. The molecular weight excluding hydrogens is 140 g/mol. The zero-order valence-corrected chi connectivity index (χ0v) is 7.09. The van der Waals surface area contributed by atoms with E-state index in [0.29, 0.717) is 0 Å². The summed E-state index contributed by atoms with van der Waals surface area (Å²) in [5.74, 6) is 0. The van der Waals surface area contributed by atoms with E-state index in [-0.39, 0.29) is 5.41 Å². The standard InChI is InChI=1S/C8H13N2O/c1-8(2,3)7-5-4-6-9-10(7)11/h4-6H,1-3H3,(H,9,11)/q+1. The van der Waals surface area contributed by atoms with E-state index in [2.05, 4.69) is 5.10 Å². The predicted octanol–water partition coefficient (Wildman–Crippen LogP) is 1.23. The van der Waals surface area contributed by atoms with Crippen molar-refractivity contribution in [3.05, 3.63) is 28.9 Å². The van der Waals surface area contributed by atoms with Crippen LogP contribution in [0.1, 0.15) is 26.5 Å². The van der Waals surface area contributed by atoms with Crippen LogP contribution in [0.3, 0.4) is 0 Å². The number of hydrogen-bond acceptors (Lipinski definition) is 1. The van der Waals surface area contributed by atoms with Crippen LogP contribution >= 0.6 is 0 Å². The van der Waals surface area contributed by atoms with Gasteiger partial charge in [0.1, 0.15) is 0 Å². The van der Waals surface area contributed by atoms with E-state index in [1.165, 1.54) is 0 Å². The highest BCUT2D eigenvalue weighted by Gasteiger charge is 2.24. The predicted molar refractivity (Wildman–Crippen MR) is 42.9 cm³/mol. The van der Waals surface area contributed by atoms with E-state index >= 15 is 0 Å². The number of aromatic nitrogens is 2. The molecule has 0 aliphatic heterocycles. The first-order valence-corrected chi connectivity index (χ1v) is 3.62. The van der Waals surface area contributed by atoms with Gasteiger partial charge >= 0.3 is 0 Å². The van der Waals surface area contributed by atoms with Crippen LogP contribution in [-0.2, 0) is 5.41 Å². The molecule has 1 aromatic rings. The summed E-state index contributed by atoms with van der Waals surface area (Å²) in [6.07, 6.45) is 1.61. The Hall–Kier alpha value is -1.12. The minimum absolute atomic E-state index is 0.0977. The zero-order valence-electron chi connectivity index (χ0n) is 7.09. The van der Waals surface area contributed by atoms with Gasteiger partial charge in [-0.1, -0.05) is 0 Å². The van der Waals surface area contributed by atoms with E-state index in [9.17, 15) is 4.91 Å². The Morgan fingerprint density at radius 2 is 2.09 bits per heavy atom. The molecule has 0 aliphatic carbocycles. The minimum Gasteiger partial charge on any atom is -0.122 e. The van der Waals surface area contributed by atoms with Crippen LogP contribution in [-0.4, -0.2) is 5.10 Å². The lowest BCUT2D eigenvalue weighted by Gasteiger charge is -2.08. The highest BCUT2D eigenvalue weighted by atomic mass is 16.3. The van der Waals surface area contributed by atoms with E-state index in [1.807, 2.05) is 32.9 Å². The van der Waals surface area contributed by atoms with Gasteiger partial charge < -0.3 is 0 Å². The van der Waals surface area contributed by atoms with Crippen molar-refractivity contribution in [2.45, 2.75) is 26.2 Å². The van der Waals surface area contributed by atoms with E-state index in [0.717, 1.165) is 10.2 Å². The molecule has 0 bridgehead atoms. The third kappa shape index (κ3) is 1.67. The molecule has 60 valence electrons. The first-order chi connectivity index (χ1) is 5.02. The van der Waals surface area contributed by atoms with Crippen LogP contribution in [0, 0.1) is 4.91 Å². The molecule has 1 rings (SSSR count). The van der Waals surface area contributed by atoms with Gasteiger partial charge in [0.25, 0.3) is 5.69 Å². The minimum atomic E-state index is -0.0977. The number of aromatic amines is 1. The van der Waals surface area contributed by atoms with E-state index < -0.39 is 0 Å². The fourth-order valence-electron chi connectivity index (χ4n) is 0.942. The van der Waals surface area contributed by atoms with Gasteiger partial charge in [-0.25, -0.2) is 0 Å². The molecule has 0 aliphatic rings. The van der Waals surface area contributed by atoms with Gasteiger partial charge in [0, 0.05) is 6.07 Å². The number of hydrogen-bond donors (Lipinski definition) is 1. The maximum absolute atomic E-state index is 11.1. The maximum atomic E-state index is 11.1. The Morgan fingerprint density at radius 3 is 2.45 bits per heavy atom. The zero-order chi connectivity index (χ0) is 8.48. The number of H-pyrrole nitrogens is 1. The molecule has 3 heteroatoms. The van der Waals surface area contributed by atoms with Crippen LogP contribution in [0.5, 0.6) is 0 Å². The second-order valence-electron chi connectivity index (χ2n) is 3.58. The highest BCUT2D eigenvalue weighted by Crippen LogP contribution is 2.16. The fraction of sp³-hybridized carbons (Fsp3) is 0.500. The summed E-state index contributed by atoms with van der Waals surface area (Å²) >= 11 is 0.